The van der Waals surface area contributed by atoms with Crippen LogP contribution < -0.4 is 5.32 Å². The second-order valence-corrected chi connectivity index (χ2v) is 7.39. The summed E-state index contributed by atoms with van der Waals surface area (Å²) in [5.41, 5.74) is 1.49. The number of carbonyl (C=O) groups excluding carboxylic acids is 2. The van der Waals surface area contributed by atoms with Gasteiger partial charge in [-0.1, -0.05) is 62.7 Å². The van der Waals surface area contributed by atoms with E-state index in [9.17, 15) is 9.59 Å². The smallest absolute Gasteiger partial charge is 0.314 e. The minimum atomic E-state index is -0.408. The molecular formula is C22H24N2O3S. The number of hydrogen-bond donors (Lipinski definition) is 1. The molecule has 2 atom stereocenters. The molecule has 0 fully saturated rings. The Hall–Kier alpha value is -2.78. The molecule has 0 saturated carbocycles. The number of benzene rings is 2. The number of amides is 1. The van der Waals surface area contributed by atoms with E-state index in [1.807, 2.05) is 56.3 Å². The molecule has 2 aromatic carbocycles. The highest BCUT2D eigenvalue weighted by molar-refractivity contribution is 7.99. The van der Waals surface area contributed by atoms with Crippen molar-refractivity contribution in [2.75, 3.05) is 17.7 Å². The van der Waals surface area contributed by atoms with Crippen LogP contribution in [0.15, 0.2) is 59.5 Å². The predicted octanol–water partition coefficient (Wildman–Crippen LogP) is 4.61. The number of rotatable bonds is 9. The fourth-order valence-corrected chi connectivity index (χ4v) is 3.48. The van der Waals surface area contributed by atoms with E-state index in [0.717, 1.165) is 16.9 Å². The molecule has 28 heavy (non-hydrogen) atoms. The van der Waals surface area contributed by atoms with E-state index >= 15 is 0 Å². The molecule has 146 valence electrons. The molecular weight excluding hydrogens is 372 g/mol. The van der Waals surface area contributed by atoms with Gasteiger partial charge in [-0.15, -0.1) is 11.8 Å². The molecule has 2 rings (SSSR count). The molecule has 0 spiro atoms. The SMILES string of the molecule is CC[C@@H](C)[C@H](C(=O)OCC(=O)Nc1ccccc1SCC#N)c1ccccc1. The van der Waals surface area contributed by atoms with Crippen LogP contribution in [-0.4, -0.2) is 24.2 Å². The van der Waals surface area contributed by atoms with Crippen LogP contribution in [0.1, 0.15) is 31.7 Å². The minimum Gasteiger partial charge on any atom is -0.455 e. The molecule has 0 radical (unpaired) electrons. The molecule has 2 aromatic rings. The zero-order chi connectivity index (χ0) is 20.4. The highest BCUT2D eigenvalue weighted by Gasteiger charge is 2.27. The molecule has 6 heteroatoms. The van der Waals surface area contributed by atoms with Crippen molar-refractivity contribution >= 4 is 29.3 Å². The Balaban J connectivity index is 1.99. The summed E-state index contributed by atoms with van der Waals surface area (Å²) in [6.07, 6.45) is 0.824. The van der Waals surface area contributed by atoms with Gasteiger partial charge in [-0.2, -0.15) is 5.26 Å². The summed E-state index contributed by atoms with van der Waals surface area (Å²) in [5.74, 6) is -0.828. The van der Waals surface area contributed by atoms with Crippen molar-refractivity contribution in [3.8, 4) is 6.07 Å². The second kappa shape index (κ2) is 11.2. The van der Waals surface area contributed by atoms with Crippen LogP contribution in [-0.2, 0) is 14.3 Å². The summed E-state index contributed by atoms with van der Waals surface area (Å²) < 4.78 is 5.33. The first-order chi connectivity index (χ1) is 13.6. The van der Waals surface area contributed by atoms with Crippen molar-refractivity contribution in [2.45, 2.75) is 31.1 Å². The number of thioether (sulfide) groups is 1. The quantitative estimate of drug-likeness (QED) is 0.494. The lowest BCUT2D eigenvalue weighted by Crippen LogP contribution is -2.27. The van der Waals surface area contributed by atoms with Crippen LogP contribution in [0.4, 0.5) is 5.69 Å². The Morgan fingerprint density at radius 1 is 1.14 bits per heavy atom. The van der Waals surface area contributed by atoms with Crippen LogP contribution in [0.25, 0.3) is 0 Å². The first-order valence-corrected chi connectivity index (χ1v) is 10.2. The zero-order valence-electron chi connectivity index (χ0n) is 16.1. The van der Waals surface area contributed by atoms with Crippen molar-refractivity contribution in [1.29, 1.82) is 5.26 Å². The fraction of sp³-hybridized carbons (Fsp3) is 0.318. The largest absolute Gasteiger partial charge is 0.455 e. The number of hydrogen-bond acceptors (Lipinski definition) is 5. The van der Waals surface area contributed by atoms with E-state index in [-0.39, 0.29) is 18.3 Å². The van der Waals surface area contributed by atoms with Crippen LogP contribution in [0, 0.1) is 17.2 Å². The van der Waals surface area contributed by atoms with Crippen molar-refractivity contribution in [3.05, 3.63) is 60.2 Å². The van der Waals surface area contributed by atoms with Crippen molar-refractivity contribution in [3.63, 3.8) is 0 Å². The highest BCUT2D eigenvalue weighted by Crippen LogP contribution is 2.29. The molecule has 0 unspecified atom stereocenters. The van der Waals surface area contributed by atoms with Gasteiger partial charge in [-0.25, -0.2) is 0 Å². The number of para-hydroxylation sites is 1. The third kappa shape index (κ3) is 6.14. The third-order valence-electron chi connectivity index (χ3n) is 4.42. The van der Waals surface area contributed by atoms with Crippen LogP contribution in [0.5, 0.6) is 0 Å². The van der Waals surface area contributed by atoms with Gasteiger partial charge in [0, 0.05) is 4.90 Å². The number of carbonyl (C=O) groups is 2. The summed E-state index contributed by atoms with van der Waals surface area (Å²) in [5, 5.41) is 11.5. The van der Waals surface area contributed by atoms with E-state index in [0.29, 0.717) is 5.69 Å². The van der Waals surface area contributed by atoms with Crippen LogP contribution in [0.2, 0.25) is 0 Å². The Morgan fingerprint density at radius 2 is 1.82 bits per heavy atom. The lowest BCUT2D eigenvalue weighted by Gasteiger charge is -2.21. The molecule has 0 saturated heterocycles. The number of esters is 1. The monoisotopic (exact) mass is 396 g/mol. The topological polar surface area (TPSA) is 79.2 Å². The van der Waals surface area contributed by atoms with Gasteiger partial charge in [-0.05, 0) is 23.6 Å². The number of anilines is 1. The normalized spacial score (nSPS) is 12.5. The summed E-state index contributed by atoms with van der Waals surface area (Å²) in [6, 6.07) is 18.8. The number of nitrogens with zero attached hydrogens (tertiary/aromatic N) is 1. The average molecular weight is 397 g/mol. The first kappa shape index (κ1) is 21.5. The Labute approximate surface area is 170 Å². The standard InChI is InChI=1S/C22H24N2O3S/c1-3-16(2)21(17-9-5-4-6-10-17)22(26)27-15-20(25)24-18-11-7-8-12-19(18)28-14-13-23/h4-12,16,21H,3,14-15H2,1-2H3,(H,24,25)/t16-,21+/m1/s1. The van der Waals surface area contributed by atoms with Gasteiger partial charge in [-0.3, -0.25) is 9.59 Å². The molecule has 0 heterocycles. The summed E-state index contributed by atoms with van der Waals surface area (Å²) in [6.45, 7) is 3.67. The predicted molar refractivity (Wildman–Crippen MR) is 111 cm³/mol. The molecule has 0 aliphatic carbocycles. The zero-order valence-corrected chi connectivity index (χ0v) is 16.9. The molecule has 0 aromatic heterocycles. The molecule has 5 nitrogen and oxygen atoms in total. The maximum atomic E-state index is 12.7. The maximum Gasteiger partial charge on any atom is 0.314 e. The van der Waals surface area contributed by atoms with Crippen molar-refractivity contribution in [1.82, 2.24) is 0 Å². The molecule has 1 N–H and O–H groups in total. The van der Waals surface area contributed by atoms with Gasteiger partial charge >= 0.3 is 5.97 Å². The number of nitrogens with one attached hydrogen (secondary N) is 1. The highest BCUT2D eigenvalue weighted by atomic mass is 32.2. The summed E-state index contributed by atoms with van der Waals surface area (Å²) >= 11 is 1.34. The van der Waals surface area contributed by atoms with Crippen LogP contribution in [0.3, 0.4) is 0 Å². The fourth-order valence-electron chi connectivity index (χ4n) is 2.81. The lowest BCUT2D eigenvalue weighted by atomic mass is 9.86. The Bertz CT molecular complexity index is 833. The molecule has 1 amide bonds. The van der Waals surface area contributed by atoms with Crippen molar-refractivity contribution < 1.29 is 14.3 Å². The summed E-state index contributed by atoms with van der Waals surface area (Å²) in [7, 11) is 0. The van der Waals surface area contributed by atoms with Gasteiger partial charge in [0.2, 0.25) is 0 Å². The Morgan fingerprint density at radius 3 is 2.50 bits per heavy atom. The van der Waals surface area contributed by atoms with Gasteiger partial charge in [0.15, 0.2) is 6.61 Å². The van der Waals surface area contributed by atoms with Gasteiger partial charge in [0.1, 0.15) is 0 Å². The Kier molecular flexibility index (Phi) is 8.57. The minimum absolute atomic E-state index is 0.0982. The van der Waals surface area contributed by atoms with Gasteiger partial charge < -0.3 is 10.1 Å². The second-order valence-electron chi connectivity index (χ2n) is 6.37. The first-order valence-electron chi connectivity index (χ1n) is 9.17. The molecule has 0 aliphatic rings. The average Bonchev–Trinajstić information content (AvgIpc) is 2.72. The van der Waals surface area contributed by atoms with E-state index in [4.69, 9.17) is 10.00 Å². The molecule has 0 aliphatic heterocycles. The third-order valence-corrected chi connectivity index (χ3v) is 5.36. The van der Waals surface area contributed by atoms with E-state index in [1.54, 1.807) is 12.1 Å². The van der Waals surface area contributed by atoms with Gasteiger partial charge in [0.05, 0.1) is 23.4 Å². The maximum absolute atomic E-state index is 12.7. The number of ether oxygens (including phenoxy) is 1. The lowest BCUT2D eigenvalue weighted by molar-refractivity contribution is -0.150. The summed E-state index contributed by atoms with van der Waals surface area (Å²) in [4.78, 5) is 25.7. The van der Waals surface area contributed by atoms with Gasteiger partial charge in [0.25, 0.3) is 5.91 Å². The van der Waals surface area contributed by atoms with E-state index in [1.165, 1.54) is 11.8 Å². The van der Waals surface area contributed by atoms with Crippen molar-refractivity contribution in [2.24, 2.45) is 5.92 Å². The molecule has 0 bridgehead atoms. The number of nitriles is 1. The van der Waals surface area contributed by atoms with E-state index < -0.39 is 17.8 Å². The van der Waals surface area contributed by atoms with E-state index in [2.05, 4.69) is 11.4 Å². The van der Waals surface area contributed by atoms with Crippen LogP contribution >= 0.6 is 11.8 Å².